The minimum Gasteiger partial charge on any atom is -0.508 e. The van der Waals surface area contributed by atoms with E-state index < -0.39 is 0 Å². The molecule has 2 aromatic carbocycles. The minimum absolute atomic E-state index is 0.133. The Morgan fingerprint density at radius 2 is 1.86 bits per heavy atom. The number of nitrogens with zero attached hydrogens (tertiary/aromatic N) is 3. The summed E-state index contributed by atoms with van der Waals surface area (Å²) in [5.74, 6) is 0.0634. The lowest BCUT2D eigenvalue weighted by atomic mass is 10.1. The molecule has 110 valence electrons. The summed E-state index contributed by atoms with van der Waals surface area (Å²) in [6.07, 6.45) is 1.55. The van der Waals surface area contributed by atoms with Gasteiger partial charge in [0.05, 0.1) is 11.9 Å². The zero-order valence-electron chi connectivity index (χ0n) is 12.1. The van der Waals surface area contributed by atoms with Gasteiger partial charge in [0.1, 0.15) is 5.75 Å². The number of rotatable bonds is 3. The fourth-order valence-electron chi connectivity index (χ4n) is 2.39. The Morgan fingerprint density at radius 3 is 2.59 bits per heavy atom. The molecule has 1 N–H and O–H groups in total. The smallest absolute Gasteiger partial charge is 0.279 e. The Balaban J connectivity index is 1.91. The van der Waals surface area contributed by atoms with Crippen molar-refractivity contribution in [2.75, 3.05) is 11.4 Å². The van der Waals surface area contributed by atoms with Gasteiger partial charge in [-0.1, -0.05) is 18.2 Å². The van der Waals surface area contributed by atoms with Gasteiger partial charge in [0.15, 0.2) is 5.71 Å². The molecule has 0 aromatic heterocycles. The van der Waals surface area contributed by atoms with Crippen molar-refractivity contribution in [1.82, 2.24) is 0 Å². The number of carbonyl (C=O) groups excluding carboxylic acids is 1. The summed E-state index contributed by atoms with van der Waals surface area (Å²) in [5.41, 5.74) is 2.83. The quantitative estimate of drug-likeness (QED) is 0.698. The summed E-state index contributed by atoms with van der Waals surface area (Å²) >= 11 is 0. The van der Waals surface area contributed by atoms with Crippen LogP contribution in [0.4, 0.5) is 5.69 Å². The first-order valence-electron chi connectivity index (χ1n) is 7.02. The number of amides is 1. The number of para-hydroxylation sites is 1. The standard InChI is InChI=1S/C17H15N3O2/c1-2-20-15-6-4-3-5-14(15)16(17(20)22)19-18-11-12-7-9-13(21)10-8-12/h3-11,21H,2H2,1H3/b18-11+,19-16+. The molecule has 3 rings (SSSR count). The molecule has 1 aliphatic rings. The number of carbonyl (C=O) groups is 1. The van der Waals surface area contributed by atoms with E-state index in [2.05, 4.69) is 10.2 Å². The van der Waals surface area contributed by atoms with Crippen LogP contribution in [0.1, 0.15) is 18.1 Å². The summed E-state index contributed by atoms with van der Waals surface area (Å²) in [5, 5.41) is 17.3. The molecule has 22 heavy (non-hydrogen) atoms. The topological polar surface area (TPSA) is 65.3 Å². The Kier molecular flexibility index (Phi) is 3.70. The summed E-state index contributed by atoms with van der Waals surface area (Å²) in [7, 11) is 0. The molecule has 5 nitrogen and oxygen atoms in total. The van der Waals surface area contributed by atoms with Gasteiger partial charge in [-0.15, -0.1) is 5.10 Å². The molecule has 0 spiro atoms. The molecule has 0 saturated carbocycles. The second kappa shape index (κ2) is 5.81. The predicted molar refractivity (Wildman–Crippen MR) is 86.7 cm³/mol. The van der Waals surface area contributed by atoms with Crippen LogP contribution in [0.25, 0.3) is 0 Å². The highest BCUT2D eigenvalue weighted by Crippen LogP contribution is 2.28. The maximum atomic E-state index is 12.4. The Hall–Kier alpha value is -2.95. The number of hydrogen-bond acceptors (Lipinski definition) is 4. The van der Waals surface area contributed by atoms with Crippen molar-refractivity contribution in [1.29, 1.82) is 0 Å². The fourth-order valence-corrected chi connectivity index (χ4v) is 2.39. The second-order valence-corrected chi connectivity index (χ2v) is 4.85. The van der Waals surface area contributed by atoms with Gasteiger partial charge in [0.2, 0.25) is 0 Å². The average molecular weight is 293 g/mol. The molecule has 5 heteroatoms. The lowest BCUT2D eigenvalue weighted by Crippen LogP contribution is -2.29. The van der Waals surface area contributed by atoms with Crippen LogP contribution in [0.3, 0.4) is 0 Å². The summed E-state index contributed by atoms with van der Waals surface area (Å²) in [4.78, 5) is 14.1. The van der Waals surface area contributed by atoms with Crippen LogP contribution in [-0.4, -0.2) is 29.5 Å². The number of phenols is 1. The Labute approximate surface area is 128 Å². The molecule has 0 bridgehead atoms. The Morgan fingerprint density at radius 1 is 1.14 bits per heavy atom. The van der Waals surface area contributed by atoms with E-state index in [1.165, 1.54) is 0 Å². The predicted octanol–water partition coefficient (Wildman–Crippen LogP) is 2.58. The van der Waals surface area contributed by atoms with E-state index in [-0.39, 0.29) is 11.7 Å². The van der Waals surface area contributed by atoms with Crippen molar-refractivity contribution in [2.45, 2.75) is 6.92 Å². The first kappa shape index (κ1) is 14.0. The van der Waals surface area contributed by atoms with E-state index in [1.807, 2.05) is 31.2 Å². The van der Waals surface area contributed by atoms with Crippen LogP contribution in [-0.2, 0) is 4.79 Å². The lowest BCUT2D eigenvalue weighted by Gasteiger charge is -2.12. The molecule has 0 saturated heterocycles. The number of hydrogen-bond donors (Lipinski definition) is 1. The number of anilines is 1. The molecule has 1 aliphatic heterocycles. The van der Waals surface area contributed by atoms with Crippen molar-refractivity contribution in [3.63, 3.8) is 0 Å². The van der Waals surface area contributed by atoms with E-state index in [1.54, 1.807) is 35.4 Å². The normalized spacial score (nSPS) is 15.8. The largest absolute Gasteiger partial charge is 0.508 e. The zero-order valence-corrected chi connectivity index (χ0v) is 12.1. The third kappa shape index (κ3) is 2.48. The van der Waals surface area contributed by atoms with Crippen molar-refractivity contribution in [3.05, 3.63) is 59.7 Å². The fraction of sp³-hybridized carbons (Fsp3) is 0.118. The highest BCUT2D eigenvalue weighted by atomic mass is 16.3. The number of fused-ring (bicyclic) bond motifs is 1. The van der Waals surface area contributed by atoms with Gasteiger partial charge in [-0.25, -0.2) is 0 Å². The molecule has 0 fully saturated rings. The van der Waals surface area contributed by atoms with Crippen molar-refractivity contribution in [3.8, 4) is 5.75 Å². The monoisotopic (exact) mass is 293 g/mol. The van der Waals surface area contributed by atoms with Gasteiger partial charge in [0.25, 0.3) is 5.91 Å². The van der Waals surface area contributed by atoms with Gasteiger partial charge in [-0.2, -0.15) is 5.10 Å². The van der Waals surface area contributed by atoms with E-state index >= 15 is 0 Å². The molecule has 2 aromatic rings. The van der Waals surface area contributed by atoms with Gasteiger partial charge in [-0.3, -0.25) is 4.79 Å². The van der Waals surface area contributed by atoms with Crippen LogP contribution in [0.5, 0.6) is 5.75 Å². The van der Waals surface area contributed by atoms with E-state index in [0.717, 1.165) is 16.8 Å². The Bertz CT molecular complexity index is 764. The van der Waals surface area contributed by atoms with Gasteiger partial charge < -0.3 is 10.0 Å². The minimum atomic E-state index is -0.133. The van der Waals surface area contributed by atoms with Gasteiger partial charge in [-0.05, 0) is 42.8 Å². The molecule has 0 unspecified atom stereocenters. The molecular formula is C17H15N3O2. The lowest BCUT2D eigenvalue weighted by molar-refractivity contribution is -0.112. The van der Waals surface area contributed by atoms with E-state index in [9.17, 15) is 9.90 Å². The van der Waals surface area contributed by atoms with Crippen LogP contribution >= 0.6 is 0 Å². The average Bonchev–Trinajstić information content (AvgIpc) is 2.81. The number of likely N-dealkylation sites (N-methyl/N-ethyl adjacent to an activating group) is 1. The molecule has 0 radical (unpaired) electrons. The highest BCUT2D eigenvalue weighted by Gasteiger charge is 2.32. The summed E-state index contributed by atoms with van der Waals surface area (Å²) in [6, 6.07) is 14.2. The SMILES string of the molecule is CCN1C(=O)/C(=N/N=C/c2ccc(O)cc2)c2ccccc21. The highest BCUT2D eigenvalue weighted by molar-refractivity contribution is 6.54. The van der Waals surface area contributed by atoms with Crippen LogP contribution < -0.4 is 4.90 Å². The number of aromatic hydroxyl groups is 1. The third-order valence-electron chi connectivity index (χ3n) is 3.47. The molecule has 1 amide bonds. The molecular weight excluding hydrogens is 278 g/mol. The van der Waals surface area contributed by atoms with Crippen molar-refractivity contribution >= 4 is 23.5 Å². The van der Waals surface area contributed by atoms with Crippen molar-refractivity contribution in [2.24, 2.45) is 10.2 Å². The third-order valence-corrected chi connectivity index (χ3v) is 3.47. The molecule has 0 atom stereocenters. The van der Waals surface area contributed by atoms with Gasteiger partial charge >= 0.3 is 0 Å². The first-order valence-corrected chi connectivity index (χ1v) is 7.02. The van der Waals surface area contributed by atoms with E-state index in [4.69, 9.17) is 0 Å². The zero-order chi connectivity index (χ0) is 15.5. The second-order valence-electron chi connectivity index (χ2n) is 4.85. The maximum Gasteiger partial charge on any atom is 0.279 e. The summed E-state index contributed by atoms with van der Waals surface area (Å²) in [6.45, 7) is 2.52. The molecule has 1 heterocycles. The first-order chi connectivity index (χ1) is 10.7. The maximum absolute atomic E-state index is 12.4. The summed E-state index contributed by atoms with van der Waals surface area (Å²) < 4.78 is 0. The number of benzene rings is 2. The number of phenolic OH excluding ortho intramolecular Hbond substituents is 1. The van der Waals surface area contributed by atoms with Crippen LogP contribution in [0, 0.1) is 0 Å². The van der Waals surface area contributed by atoms with Crippen LogP contribution in [0.15, 0.2) is 58.7 Å². The van der Waals surface area contributed by atoms with Crippen molar-refractivity contribution < 1.29 is 9.90 Å². The van der Waals surface area contributed by atoms with Crippen LogP contribution in [0.2, 0.25) is 0 Å². The van der Waals surface area contributed by atoms with Gasteiger partial charge in [0, 0.05) is 12.1 Å². The van der Waals surface area contributed by atoms with E-state index in [0.29, 0.717) is 12.3 Å². The molecule has 0 aliphatic carbocycles.